The molecule has 0 bridgehead atoms. The molecule has 0 fully saturated rings. The summed E-state index contributed by atoms with van der Waals surface area (Å²) in [7, 11) is 1.64. The van der Waals surface area contributed by atoms with Crippen molar-refractivity contribution in [3.8, 4) is 0 Å². The number of rotatable bonds is 3. The van der Waals surface area contributed by atoms with Crippen molar-refractivity contribution in [2.75, 3.05) is 12.4 Å². The van der Waals surface area contributed by atoms with Gasteiger partial charge in [-0.1, -0.05) is 18.2 Å². The van der Waals surface area contributed by atoms with Gasteiger partial charge in [0.2, 0.25) is 0 Å². The molecule has 1 aromatic carbocycles. The van der Waals surface area contributed by atoms with Gasteiger partial charge in [-0.25, -0.2) is 0 Å². The predicted octanol–water partition coefficient (Wildman–Crippen LogP) is 2.26. The van der Waals surface area contributed by atoms with Crippen LogP contribution in [-0.4, -0.2) is 18.7 Å². The summed E-state index contributed by atoms with van der Waals surface area (Å²) in [5.41, 5.74) is 9.05. The summed E-state index contributed by atoms with van der Waals surface area (Å²) in [6, 6.07) is 7.60. The standard InChI is InChI=1S/C14H19N3O/c1-9-7-5-6-8-12(9)17-14(18)13(10(2)15)11(3)16-4/h5-8H,15H2,1-4H3,(H,17,18). The molecule has 0 aromatic heterocycles. The number of aryl methyl sites for hydroxylation is 1. The third-order valence-corrected chi connectivity index (χ3v) is 2.71. The lowest BCUT2D eigenvalue weighted by atomic mass is 10.1. The van der Waals surface area contributed by atoms with Gasteiger partial charge in [-0.3, -0.25) is 9.79 Å². The second-order valence-corrected chi connectivity index (χ2v) is 4.14. The number of hydrogen-bond acceptors (Lipinski definition) is 3. The molecule has 96 valence electrons. The second kappa shape index (κ2) is 6.00. The number of allylic oxidation sites excluding steroid dienone is 1. The van der Waals surface area contributed by atoms with E-state index in [-0.39, 0.29) is 5.91 Å². The van der Waals surface area contributed by atoms with Gasteiger partial charge < -0.3 is 11.1 Å². The topological polar surface area (TPSA) is 67.5 Å². The first kappa shape index (κ1) is 14.0. The van der Waals surface area contributed by atoms with Gasteiger partial charge in [0.25, 0.3) is 5.91 Å². The minimum atomic E-state index is -0.229. The number of amides is 1. The van der Waals surface area contributed by atoms with Crippen LogP contribution >= 0.6 is 0 Å². The number of carbonyl (C=O) groups is 1. The van der Waals surface area contributed by atoms with Crippen molar-refractivity contribution in [2.45, 2.75) is 20.8 Å². The summed E-state index contributed by atoms with van der Waals surface area (Å²) in [5, 5.41) is 2.85. The van der Waals surface area contributed by atoms with E-state index in [2.05, 4.69) is 10.3 Å². The molecule has 0 heterocycles. The second-order valence-electron chi connectivity index (χ2n) is 4.14. The maximum absolute atomic E-state index is 12.2. The molecule has 18 heavy (non-hydrogen) atoms. The SMILES string of the molecule is CN=C(C)C(C(=O)Nc1ccccc1C)=C(C)N. The van der Waals surface area contributed by atoms with Crippen LogP contribution in [0.1, 0.15) is 19.4 Å². The summed E-state index contributed by atoms with van der Waals surface area (Å²) in [5.74, 6) is -0.229. The molecule has 4 heteroatoms. The van der Waals surface area contributed by atoms with Crippen molar-refractivity contribution in [2.24, 2.45) is 10.7 Å². The third kappa shape index (κ3) is 3.20. The van der Waals surface area contributed by atoms with Crippen LogP contribution in [-0.2, 0) is 4.79 Å². The summed E-state index contributed by atoms with van der Waals surface area (Å²) < 4.78 is 0. The van der Waals surface area contributed by atoms with Crippen LogP contribution in [0, 0.1) is 6.92 Å². The highest BCUT2D eigenvalue weighted by Gasteiger charge is 2.15. The van der Waals surface area contributed by atoms with E-state index in [1.165, 1.54) is 0 Å². The number of nitrogens with one attached hydrogen (secondary N) is 1. The Hall–Kier alpha value is -2.10. The first-order valence-corrected chi connectivity index (χ1v) is 5.74. The summed E-state index contributed by atoms with van der Waals surface area (Å²) in [6.45, 7) is 5.40. The fourth-order valence-corrected chi connectivity index (χ4v) is 1.64. The zero-order valence-electron chi connectivity index (χ0n) is 11.2. The lowest BCUT2D eigenvalue weighted by molar-refractivity contribution is -0.112. The summed E-state index contributed by atoms with van der Waals surface area (Å²) >= 11 is 0. The van der Waals surface area contributed by atoms with E-state index in [1.54, 1.807) is 20.9 Å². The van der Waals surface area contributed by atoms with Gasteiger partial charge >= 0.3 is 0 Å². The molecule has 0 aliphatic carbocycles. The smallest absolute Gasteiger partial charge is 0.259 e. The van der Waals surface area contributed by atoms with Crippen molar-refractivity contribution in [3.63, 3.8) is 0 Å². The number of hydrogen-bond donors (Lipinski definition) is 2. The van der Waals surface area contributed by atoms with Gasteiger partial charge in [0.15, 0.2) is 0 Å². The first-order chi connectivity index (χ1) is 8.47. The Morgan fingerprint density at radius 1 is 1.28 bits per heavy atom. The third-order valence-electron chi connectivity index (χ3n) is 2.71. The number of benzene rings is 1. The first-order valence-electron chi connectivity index (χ1n) is 5.74. The number of para-hydroxylation sites is 1. The monoisotopic (exact) mass is 245 g/mol. The van der Waals surface area contributed by atoms with Gasteiger partial charge in [-0.2, -0.15) is 0 Å². The Labute approximate surface area is 108 Å². The molecule has 0 spiro atoms. The van der Waals surface area contributed by atoms with Crippen molar-refractivity contribution in [1.82, 2.24) is 0 Å². The quantitative estimate of drug-likeness (QED) is 0.633. The maximum atomic E-state index is 12.2. The van der Waals surface area contributed by atoms with E-state index >= 15 is 0 Å². The normalized spacial score (nSPS) is 13.0. The maximum Gasteiger partial charge on any atom is 0.259 e. The number of carbonyl (C=O) groups excluding carboxylic acids is 1. The molecule has 0 saturated carbocycles. The van der Waals surface area contributed by atoms with Crippen molar-refractivity contribution < 1.29 is 4.79 Å². The molecule has 0 saturated heterocycles. The van der Waals surface area contributed by atoms with E-state index in [4.69, 9.17) is 5.73 Å². The van der Waals surface area contributed by atoms with E-state index in [1.807, 2.05) is 31.2 Å². The number of aliphatic imine (C=N–C) groups is 1. The van der Waals surface area contributed by atoms with E-state index in [0.717, 1.165) is 11.3 Å². The van der Waals surface area contributed by atoms with E-state index in [0.29, 0.717) is 17.0 Å². The molecular weight excluding hydrogens is 226 g/mol. The Balaban J connectivity index is 3.02. The summed E-state index contributed by atoms with van der Waals surface area (Å²) in [6.07, 6.45) is 0. The molecule has 3 N–H and O–H groups in total. The number of nitrogens with two attached hydrogens (primary N) is 1. The minimum absolute atomic E-state index is 0.229. The van der Waals surface area contributed by atoms with Crippen LogP contribution < -0.4 is 11.1 Å². The zero-order chi connectivity index (χ0) is 13.7. The number of anilines is 1. The highest BCUT2D eigenvalue weighted by Crippen LogP contribution is 2.15. The molecule has 1 amide bonds. The lowest BCUT2D eigenvalue weighted by Crippen LogP contribution is -2.23. The largest absolute Gasteiger partial charge is 0.402 e. The van der Waals surface area contributed by atoms with E-state index < -0.39 is 0 Å². The van der Waals surface area contributed by atoms with Crippen LogP contribution in [0.2, 0.25) is 0 Å². The molecule has 0 unspecified atom stereocenters. The fourth-order valence-electron chi connectivity index (χ4n) is 1.64. The van der Waals surface area contributed by atoms with Gasteiger partial charge in [0, 0.05) is 24.1 Å². The summed E-state index contributed by atoms with van der Waals surface area (Å²) in [4.78, 5) is 16.2. The fraction of sp³-hybridized carbons (Fsp3) is 0.286. The Kier molecular flexibility index (Phi) is 4.66. The Bertz CT molecular complexity index is 512. The van der Waals surface area contributed by atoms with Crippen molar-refractivity contribution in [1.29, 1.82) is 0 Å². The van der Waals surface area contributed by atoms with Crippen LogP contribution in [0.4, 0.5) is 5.69 Å². The highest BCUT2D eigenvalue weighted by atomic mass is 16.1. The van der Waals surface area contributed by atoms with Crippen molar-refractivity contribution >= 4 is 17.3 Å². The molecule has 0 radical (unpaired) electrons. The highest BCUT2D eigenvalue weighted by molar-refractivity contribution is 6.25. The van der Waals surface area contributed by atoms with Gasteiger partial charge in [0.05, 0.1) is 5.57 Å². The molecule has 4 nitrogen and oxygen atoms in total. The molecule has 0 atom stereocenters. The zero-order valence-corrected chi connectivity index (χ0v) is 11.2. The molecular formula is C14H19N3O. The van der Waals surface area contributed by atoms with Gasteiger partial charge in [-0.05, 0) is 32.4 Å². The molecule has 0 aliphatic rings. The number of nitrogens with zero attached hydrogens (tertiary/aromatic N) is 1. The molecule has 1 rings (SSSR count). The van der Waals surface area contributed by atoms with Crippen LogP contribution in [0.25, 0.3) is 0 Å². The molecule has 1 aromatic rings. The van der Waals surface area contributed by atoms with Gasteiger partial charge in [-0.15, -0.1) is 0 Å². The van der Waals surface area contributed by atoms with Crippen LogP contribution in [0.3, 0.4) is 0 Å². The van der Waals surface area contributed by atoms with E-state index in [9.17, 15) is 4.79 Å². The average molecular weight is 245 g/mol. The molecule has 0 aliphatic heterocycles. The predicted molar refractivity (Wildman–Crippen MR) is 75.7 cm³/mol. The lowest BCUT2D eigenvalue weighted by Gasteiger charge is -2.11. The Morgan fingerprint density at radius 2 is 1.89 bits per heavy atom. The Morgan fingerprint density at radius 3 is 2.39 bits per heavy atom. The van der Waals surface area contributed by atoms with Crippen molar-refractivity contribution in [3.05, 3.63) is 41.1 Å². The van der Waals surface area contributed by atoms with Crippen LogP contribution in [0.15, 0.2) is 40.5 Å². The van der Waals surface area contributed by atoms with Gasteiger partial charge in [0.1, 0.15) is 0 Å². The minimum Gasteiger partial charge on any atom is -0.402 e. The van der Waals surface area contributed by atoms with Crippen LogP contribution in [0.5, 0.6) is 0 Å². The average Bonchev–Trinajstić information content (AvgIpc) is 2.31.